The number of aryl methyl sites for hydroxylation is 2. The molecule has 7 nitrogen and oxygen atoms in total. The fourth-order valence-corrected chi connectivity index (χ4v) is 3.07. The van der Waals surface area contributed by atoms with Gasteiger partial charge in [-0.3, -0.25) is 5.10 Å². The number of hydrogen-bond acceptors (Lipinski definition) is 6. The molecule has 0 aliphatic heterocycles. The molecule has 2 aromatic rings. The van der Waals surface area contributed by atoms with Crippen LogP contribution in [-0.4, -0.2) is 42.9 Å². The van der Waals surface area contributed by atoms with Crippen LogP contribution in [0.3, 0.4) is 0 Å². The van der Waals surface area contributed by atoms with Crippen LogP contribution in [-0.2, 0) is 6.42 Å². The lowest BCUT2D eigenvalue weighted by molar-refractivity contribution is 0.137. The second kappa shape index (κ2) is 6.39. The van der Waals surface area contributed by atoms with Gasteiger partial charge in [0.05, 0.1) is 6.10 Å². The molecule has 2 aromatic heterocycles. The molecule has 0 amide bonds. The van der Waals surface area contributed by atoms with Gasteiger partial charge >= 0.3 is 0 Å². The Bertz CT molecular complexity index is 615. The van der Waals surface area contributed by atoms with Gasteiger partial charge in [0, 0.05) is 29.8 Å². The largest absolute Gasteiger partial charge is 0.393 e. The maximum atomic E-state index is 10.2. The molecule has 3 rings (SSSR count). The Kier molecular flexibility index (Phi) is 4.33. The number of nitrogens with one attached hydrogen (secondary N) is 2. The van der Waals surface area contributed by atoms with Crippen LogP contribution in [0.5, 0.6) is 0 Å². The second-order valence-electron chi connectivity index (χ2n) is 5.93. The van der Waals surface area contributed by atoms with Gasteiger partial charge in [0.25, 0.3) is 0 Å². The van der Waals surface area contributed by atoms with E-state index >= 15 is 0 Å². The molecular weight excluding hydrogens is 280 g/mol. The Labute approximate surface area is 129 Å². The minimum atomic E-state index is -0.335. The maximum absolute atomic E-state index is 10.2. The van der Waals surface area contributed by atoms with E-state index in [1.807, 2.05) is 13.0 Å². The fraction of sp³-hybridized carbons (Fsp3) is 0.600. The first kappa shape index (κ1) is 14.9. The summed E-state index contributed by atoms with van der Waals surface area (Å²) in [6.07, 6.45) is 3.67. The van der Waals surface area contributed by atoms with Crippen LogP contribution in [0.25, 0.3) is 0 Å². The molecule has 22 heavy (non-hydrogen) atoms. The number of nitrogens with zero attached hydrogens (tertiary/aromatic N) is 4. The van der Waals surface area contributed by atoms with Gasteiger partial charge in [0.15, 0.2) is 0 Å². The summed E-state index contributed by atoms with van der Waals surface area (Å²) in [5.41, 5.74) is 1.99. The third-order valence-corrected chi connectivity index (χ3v) is 4.27. The molecule has 7 heteroatoms. The third-order valence-electron chi connectivity index (χ3n) is 4.27. The maximum Gasteiger partial charge on any atom is 0.223 e. The lowest BCUT2D eigenvalue weighted by atomic mass is 10.0. The SMILES string of the molecule is CCc1cc(C)nc(NC[C@@H]2C[C@@H](c3ncn[nH]3)C[C@@H]2O)n1. The summed E-state index contributed by atoms with van der Waals surface area (Å²) in [6, 6.07) is 2.00. The standard InChI is InChI=1S/C15H22N6O/c1-3-12-4-9(2)19-15(20-12)16-7-11-5-10(6-13(11)22)14-17-8-18-21-14/h4,8,10-11,13,22H,3,5-7H2,1-2H3,(H,16,19,20)(H,17,18,21)/t10-,11+,13+/m1/s1. The topological polar surface area (TPSA) is 99.6 Å². The van der Waals surface area contributed by atoms with Crippen molar-refractivity contribution in [3.8, 4) is 0 Å². The zero-order valence-corrected chi connectivity index (χ0v) is 13.0. The van der Waals surface area contributed by atoms with Gasteiger partial charge in [-0.15, -0.1) is 0 Å². The van der Waals surface area contributed by atoms with Gasteiger partial charge in [-0.1, -0.05) is 6.92 Å². The number of rotatable bonds is 5. The molecule has 3 N–H and O–H groups in total. The van der Waals surface area contributed by atoms with E-state index < -0.39 is 0 Å². The molecular formula is C15H22N6O. The highest BCUT2D eigenvalue weighted by Gasteiger charge is 2.35. The highest BCUT2D eigenvalue weighted by Crippen LogP contribution is 2.36. The minimum Gasteiger partial charge on any atom is -0.393 e. The van der Waals surface area contributed by atoms with E-state index in [4.69, 9.17) is 0 Å². The predicted molar refractivity (Wildman–Crippen MR) is 82.5 cm³/mol. The van der Waals surface area contributed by atoms with Crippen LogP contribution in [0, 0.1) is 12.8 Å². The van der Waals surface area contributed by atoms with Crippen molar-refractivity contribution in [2.24, 2.45) is 5.92 Å². The second-order valence-corrected chi connectivity index (χ2v) is 5.93. The molecule has 1 saturated carbocycles. The van der Waals surface area contributed by atoms with Crippen LogP contribution in [0.2, 0.25) is 0 Å². The Morgan fingerprint density at radius 3 is 2.95 bits per heavy atom. The van der Waals surface area contributed by atoms with Crippen molar-refractivity contribution in [2.75, 3.05) is 11.9 Å². The summed E-state index contributed by atoms with van der Waals surface area (Å²) in [5.74, 6) is 1.92. The van der Waals surface area contributed by atoms with Crippen LogP contribution in [0.4, 0.5) is 5.95 Å². The highest BCUT2D eigenvalue weighted by atomic mass is 16.3. The normalized spacial score (nSPS) is 24.6. The number of aliphatic hydroxyl groups excluding tert-OH is 1. The molecule has 0 bridgehead atoms. The molecule has 0 saturated heterocycles. The summed E-state index contributed by atoms with van der Waals surface area (Å²) >= 11 is 0. The van der Waals surface area contributed by atoms with Crippen molar-refractivity contribution < 1.29 is 5.11 Å². The average molecular weight is 302 g/mol. The Balaban J connectivity index is 1.61. The zero-order valence-electron chi connectivity index (χ0n) is 13.0. The number of hydrogen-bond donors (Lipinski definition) is 3. The van der Waals surface area contributed by atoms with E-state index in [9.17, 15) is 5.11 Å². The number of aromatic amines is 1. The van der Waals surface area contributed by atoms with Crippen molar-refractivity contribution in [3.05, 3.63) is 29.6 Å². The zero-order chi connectivity index (χ0) is 15.5. The molecule has 1 aliphatic rings. The number of aromatic nitrogens is 5. The smallest absolute Gasteiger partial charge is 0.223 e. The van der Waals surface area contributed by atoms with Gasteiger partial charge in [0.2, 0.25) is 5.95 Å². The van der Waals surface area contributed by atoms with E-state index in [2.05, 4.69) is 37.4 Å². The van der Waals surface area contributed by atoms with E-state index in [0.29, 0.717) is 12.5 Å². The molecule has 0 unspecified atom stereocenters. The lowest BCUT2D eigenvalue weighted by Crippen LogP contribution is -2.23. The van der Waals surface area contributed by atoms with E-state index in [0.717, 1.165) is 36.5 Å². The first-order valence-corrected chi connectivity index (χ1v) is 7.77. The molecule has 0 radical (unpaired) electrons. The van der Waals surface area contributed by atoms with Crippen molar-refractivity contribution in [3.63, 3.8) is 0 Å². The van der Waals surface area contributed by atoms with Crippen LogP contribution >= 0.6 is 0 Å². The number of H-pyrrole nitrogens is 1. The first-order chi connectivity index (χ1) is 10.7. The van der Waals surface area contributed by atoms with Gasteiger partial charge in [-0.2, -0.15) is 5.10 Å². The number of aliphatic hydroxyl groups is 1. The van der Waals surface area contributed by atoms with Crippen molar-refractivity contribution >= 4 is 5.95 Å². The van der Waals surface area contributed by atoms with E-state index in [1.54, 1.807) is 0 Å². The van der Waals surface area contributed by atoms with Gasteiger partial charge in [-0.05, 0) is 32.3 Å². The van der Waals surface area contributed by atoms with Crippen molar-refractivity contribution in [1.29, 1.82) is 0 Å². The highest BCUT2D eigenvalue weighted by molar-refractivity contribution is 5.28. The average Bonchev–Trinajstić information content (AvgIpc) is 3.14. The lowest BCUT2D eigenvalue weighted by Gasteiger charge is -2.15. The third kappa shape index (κ3) is 3.24. The summed E-state index contributed by atoms with van der Waals surface area (Å²) in [4.78, 5) is 13.1. The first-order valence-electron chi connectivity index (χ1n) is 7.77. The summed E-state index contributed by atoms with van der Waals surface area (Å²) in [6.45, 7) is 4.71. The Morgan fingerprint density at radius 1 is 1.36 bits per heavy atom. The predicted octanol–water partition coefficient (Wildman–Crippen LogP) is 1.43. The molecule has 118 valence electrons. The van der Waals surface area contributed by atoms with Gasteiger partial charge in [0.1, 0.15) is 12.2 Å². The number of anilines is 1. The molecule has 3 atom stereocenters. The Morgan fingerprint density at radius 2 is 2.23 bits per heavy atom. The fourth-order valence-electron chi connectivity index (χ4n) is 3.07. The molecule has 1 fully saturated rings. The van der Waals surface area contributed by atoms with Crippen LogP contribution in [0.1, 0.15) is 42.9 Å². The quantitative estimate of drug-likeness (QED) is 0.772. The molecule has 1 aliphatic carbocycles. The molecule has 2 heterocycles. The Hall–Kier alpha value is -2.02. The van der Waals surface area contributed by atoms with Crippen LogP contribution in [0.15, 0.2) is 12.4 Å². The minimum absolute atomic E-state index is 0.171. The van der Waals surface area contributed by atoms with Crippen LogP contribution < -0.4 is 5.32 Å². The van der Waals surface area contributed by atoms with Crippen molar-refractivity contribution in [2.45, 2.75) is 45.1 Å². The van der Waals surface area contributed by atoms with Gasteiger partial charge in [-0.25, -0.2) is 15.0 Å². The van der Waals surface area contributed by atoms with E-state index in [-0.39, 0.29) is 17.9 Å². The summed E-state index contributed by atoms with van der Waals surface area (Å²) in [7, 11) is 0. The summed E-state index contributed by atoms with van der Waals surface area (Å²) in [5, 5.41) is 20.3. The summed E-state index contributed by atoms with van der Waals surface area (Å²) < 4.78 is 0. The molecule has 0 aromatic carbocycles. The van der Waals surface area contributed by atoms with Crippen molar-refractivity contribution in [1.82, 2.24) is 25.1 Å². The monoisotopic (exact) mass is 302 g/mol. The molecule has 0 spiro atoms. The van der Waals surface area contributed by atoms with Gasteiger partial charge < -0.3 is 10.4 Å². The van der Waals surface area contributed by atoms with E-state index in [1.165, 1.54) is 6.33 Å².